The molecule has 0 saturated heterocycles. The first-order valence-corrected chi connectivity index (χ1v) is 23.5. The van der Waals surface area contributed by atoms with Gasteiger partial charge in [-0.2, -0.15) is 0 Å². The van der Waals surface area contributed by atoms with Crippen molar-refractivity contribution in [1.29, 1.82) is 0 Å². The van der Waals surface area contributed by atoms with E-state index in [1.807, 2.05) is 0 Å². The van der Waals surface area contributed by atoms with E-state index in [1.165, 1.54) is 105 Å². The Labute approximate surface area is 384 Å². The van der Waals surface area contributed by atoms with Crippen molar-refractivity contribution in [3.05, 3.63) is 187 Å². The Hall–Kier alpha value is -7.56. The number of benzene rings is 9. The first kappa shape index (κ1) is 37.8. The Morgan fingerprint density at radius 2 is 1.09 bits per heavy atom. The lowest BCUT2D eigenvalue weighted by molar-refractivity contribution is 0.590. The topological polar surface area (TPSA) is 23.0 Å². The first-order valence-electron chi connectivity index (χ1n) is 23.5. The number of rotatable bonds is 3. The molecule has 0 aliphatic carbocycles. The van der Waals surface area contributed by atoms with Gasteiger partial charge in [-0.15, -0.1) is 0 Å². The molecule has 0 bridgehead atoms. The Morgan fingerprint density at radius 3 is 1.85 bits per heavy atom. The van der Waals surface area contributed by atoms with Gasteiger partial charge in [0.1, 0.15) is 11.2 Å². The van der Waals surface area contributed by atoms with Crippen molar-refractivity contribution in [3.8, 4) is 44.9 Å². The Morgan fingerprint density at radius 1 is 0.439 bits per heavy atom. The Kier molecular flexibility index (Phi) is 7.47. The van der Waals surface area contributed by atoms with Crippen LogP contribution in [0.4, 0.5) is 0 Å². The molecule has 0 radical (unpaired) electrons. The van der Waals surface area contributed by atoms with Gasteiger partial charge < -0.3 is 13.6 Å². The van der Waals surface area contributed by atoms with Crippen molar-refractivity contribution in [2.75, 3.05) is 0 Å². The molecule has 12 aromatic rings. The van der Waals surface area contributed by atoms with Crippen LogP contribution in [0.15, 0.2) is 180 Å². The summed E-state index contributed by atoms with van der Waals surface area (Å²) in [4.78, 5) is 0. The van der Waals surface area contributed by atoms with Gasteiger partial charge in [-0.3, -0.25) is 0 Å². The third kappa shape index (κ3) is 5.05. The molecule has 9 aromatic carbocycles. The van der Waals surface area contributed by atoms with E-state index in [-0.39, 0.29) is 17.5 Å². The molecule has 2 aliphatic heterocycles. The summed E-state index contributed by atoms with van der Waals surface area (Å²) in [6, 6.07) is 66.2. The van der Waals surface area contributed by atoms with E-state index in [0.29, 0.717) is 0 Å². The molecule has 3 nitrogen and oxygen atoms in total. The number of hydrogen-bond donors (Lipinski definition) is 0. The Bertz CT molecular complexity index is 4060. The van der Waals surface area contributed by atoms with E-state index in [0.717, 1.165) is 33.1 Å². The lowest BCUT2D eigenvalue weighted by Gasteiger charge is -2.36. The number of aromatic nitrogens is 2. The maximum atomic E-state index is 6.85. The fourth-order valence-corrected chi connectivity index (χ4v) is 11.9. The summed E-state index contributed by atoms with van der Waals surface area (Å²) in [6.07, 6.45) is 0. The summed E-state index contributed by atoms with van der Waals surface area (Å²) in [5, 5.41) is 8.73. The molecule has 0 saturated carbocycles. The van der Waals surface area contributed by atoms with E-state index in [1.54, 1.807) is 0 Å². The van der Waals surface area contributed by atoms with Crippen LogP contribution in [0.2, 0.25) is 0 Å². The molecule has 0 amide bonds. The summed E-state index contributed by atoms with van der Waals surface area (Å²) in [6.45, 7) is 14.1. The van der Waals surface area contributed by atoms with Crippen LogP contribution in [0.3, 0.4) is 0 Å². The van der Waals surface area contributed by atoms with Crippen LogP contribution < -0.4 is 16.4 Å². The lowest BCUT2D eigenvalue weighted by Crippen LogP contribution is -2.60. The molecule has 314 valence electrons. The molecule has 66 heavy (non-hydrogen) atoms. The van der Waals surface area contributed by atoms with Gasteiger partial charge in [0.15, 0.2) is 0 Å². The third-order valence-electron chi connectivity index (χ3n) is 15.0. The van der Waals surface area contributed by atoms with Crippen molar-refractivity contribution >= 4 is 88.5 Å². The summed E-state index contributed by atoms with van der Waals surface area (Å²) < 4.78 is 12.1. The van der Waals surface area contributed by atoms with E-state index in [9.17, 15) is 0 Å². The minimum atomic E-state index is -0.0805. The zero-order chi connectivity index (χ0) is 44.4. The zero-order valence-corrected chi connectivity index (χ0v) is 38.1. The van der Waals surface area contributed by atoms with Gasteiger partial charge >= 0.3 is 0 Å². The van der Waals surface area contributed by atoms with Crippen molar-refractivity contribution < 1.29 is 4.42 Å². The predicted molar refractivity (Wildman–Crippen MR) is 281 cm³/mol. The molecule has 0 N–H and O–H groups in total. The normalized spacial score (nSPS) is 13.3. The van der Waals surface area contributed by atoms with Crippen molar-refractivity contribution in [2.24, 2.45) is 0 Å². The largest absolute Gasteiger partial charge is 0.455 e. The average molecular weight is 847 g/mol. The third-order valence-corrected chi connectivity index (χ3v) is 15.0. The van der Waals surface area contributed by atoms with Gasteiger partial charge in [-0.05, 0) is 108 Å². The average Bonchev–Trinajstić information content (AvgIpc) is 3.99. The molecule has 0 spiro atoms. The minimum absolute atomic E-state index is 0.00931. The number of furan rings is 1. The van der Waals surface area contributed by atoms with E-state index >= 15 is 0 Å². The maximum Gasteiger partial charge on any atom is 0.253 e. The molecule has 0 fully saturated rings. The number of para-hydroxylation sites is 2. The van der Waals surface area contributed by atoms with Crippen molar-refractivity contribution in [3.63, 3.8) is 0 Å². The van der Waals surface area contributed by atoms with Crippen LogP contribution >= 0.6 is 0 Å². The Balaban J connectivity index is 1.24. The van der Waals surface area contributed by atoms with Crippen molar-refractivity contribution in [1.82, 2.24) is 9.13 Å². The smallest absolute Gasteiger partial charge is 0.253 e. The maximum absolute atomic E-state index is 6.85. The standard InChI is InChI=1S/C62H47BN2O/c1-61(2,3)40-28-29-50-46(33-40)47-34-41(62(4,5)6)35-49-58(47)64(50)51-31-39(43-25-17-26-45-44-24-15-16-27-53(44)66-60(43)45)32-52-56(51)63(49)55-42-23-14-13-22-38(42)30-48-54(36-18-9-7-10-19-36)57(65(52)59(48)55)37-20-11-8-12-21-37/h7-35H,1-6H3. The number of fused-ring (bicyclic) bond motifs is 12. The summed E-state index contributed by atoms with van der Waals surface area (Å²) >= 11 is 0. The first-order chi connectivity index (χ1) is 32.0. The van der Waals surface area contributed by atoms with Crippen LogP contribution in [0.5, 0.6) is 0 Å². The zero-order valence-electron chi connectivity index (χ0n) is 38.1. The highest BCUT2D eigenvalue weighted by molar-refractivity contribution is 7.01. The van der Waals surface area contributed by atoms with Crippen LogP contribution in [-0.4, -0.2) is 15.8 Å². The van der Waals surface area contributed by atoms with Gasteiger partial charge in [-0.1, -0.05) is 175 Å². The van der Waals surface area contributed by atoms with Gasteiger partial charge in [0, 0.05) is 54.9 Å². The molecule has 0 unspecified atom stereocenters. The minimum Gasteiger partial charge on any atom is -0.455 e. The molecule has 0 atom stereocenters. The van der Waals surface area contributed by atoms with Crippen LogP contribution in [-0.2, 0) is 10.8 Å². The van der Waals surface area contributed by atoms with Gasteiger partial charge in [0.25, 0.3) is 6.71 Å². The molecule has 3 aromatic heterocycles. The number of hydrogen-bond acceptors (Lipinski definition) is 1. The lowest BCUT2D eigenvalue weighted by atomic mass is 9.33. The van der Waals surface area contributed by atoms with E-state index in [2.05, 4.69) is 227 Å². The van der Waals surface area contributed by atoms with E-state index < -0.39 is 0 Å². The van der Waals surface area contributed by atoms with Crippen molar-refractivity contribution in [2.45, 2.75) is 52.4 Å². The fraction of sp³-hybridized carbons (Fsp3) is 0.129. The highest BCUT2D eigenvalue weighted by Crippen LogP contribution is 2.48. The quantitative estimate of drug-likeness (QED) is 0.162. The number of nitrogens with zero attached hydrogens (tertiary/aromatic N) is 2. The van der Waals surface area contributed by atoms with E-state index in [4.69, 9.17) is 4.42 Å². The van der Waals surface area contributed by atoms with Crippen LogP contribution in [0.1, 0.15) is 52.7 Å². The fourth-order valence-electron chi connectivity index (χ4n) is 11.9. The molecular formula is C62H47BN2O. The van der Waals surface area contributed by atoms with Gasteiger partial charge in [0.05, 0.1) is 16.7 Å². The SMILES string of the molecule is CC(C)(C)c1ccc2c(c1)c1cc(C(C)(C)C)cc3c1n2-c1cc(-c2cccc4c2oc2ccccc24)cc2c1B3c1c3ccccc3cc3c(-c4ccccc4)c(-c4ccccc4)n-2c13. The molecule has 5 heterocycles. The molecule has 14 rings (SSSR count). The highest BCUT2D eigenvalue weighted by atomic mass is 16.3. The molecule has 2 aliphatic rings. The summed E-state index contributed by atoms with van der Waals surface area (Å²) in [5.41, 5.74) is 21.9. The summed E-state index contributed by atoms with van der Waals surface area (Å²) in [7, 11) is 0. The second-order valence-corrected chi connectivity index (χ2v) is 20.9. The second kappa shape index (κ2) is 13.0. The van der Waals surface area contributed by atoms with Crippen LogP contribution in [0, 0.1) is 0 Å². The van der Waals surface area contributed by atoms with Crippen LogP contribution in [0.25, 0.3) is 110 Å². The highest BCUT2D eigenvalue weighted by Gasteiger charge is 2.44. The predicted octanol–water partition coefficient (Wildman–Crippen LogP) is 14.5. The van der Waals surface area contributed by atoms with Gasteiger partial charge in [-0.25, -0.2) is 0 Å². The van der Waals surface area contributed by atoms with Gasteiger partial charge in [0.2, 0.25) is 0 Å². The molecule has 4 heteroatoms. The summed E-state index contributed by atoms with van der Waals surface area (Å²) in [5.74, 6) is 0. The monoisotopic (exact) mass is 846 g/mol. The second-order valence-electron chi connectivity index (χ2n) is 20.9. The molecular weight excluding hydrogens is 800 g/mol.